The first kappa shape index (κ1) is 64.4. The van der Waals surface area contributed by atoms with Crippen LogP contribution in [0.5, 0.6) is 0 Å². The van der Waals surface area contributed by atoms with Crippen LogP contribution in [-0.4, -0.2) is 66.5 Å². The predicted octanol–water partition coefficient (Wildman–Crippen LogP) is 14.9. The number of aliphatic hydroxyl groups is 1. The van der Waals surface area contributed by atoms with E-state index < -0.39 is 57.8 Å². The molecule has 0 radical (unpaired) electrons. The van der Waals surface area contributed by atoms with Crippen LogP contribution in [0.4, 0.5) is 0 Å². The third kappa shape index (κ3) is 47.5. The molecule has 0 bridgehead atoms. The Kier molecular flexibility index (Phi) is 47.2. The van der Waals surface area contributed by atoms with Crippen molar-refractivity contribution in [2.24, 2.45) is 0 Å². The van der Waals surface area contributed by atoms with Crippen LogP contribution in [0.3, 0.4) is 0 Å². The second-order valence-electron chi connectivity index (χ2n) is 16.9. The number of carbonyl (C=O) groups is 3. The van der Waals surface area contributed by atoms with E-state index in [9.17, 15) is 28.9 Å². The number of allylic oxidation sites excluding steroid dienone is 16. The molecular weight excluding hydrogens is 880 g/mol. The Hall–Kier alpha value is -3.60. The van der Waals surface area contributed by atoms with Crippen LogP contribution in [0.1, 0.15) is 201 Å². The van der Waals surface area contributed by atoms with Gasteiger partial charge in [0.15, 0.2) is 6.10 Å². The van der Waals surface area contributed by atoms with E-state index in [1.54, 1.807) is 0 Å². The quantitative estimate of drug-likeness (QED) is 0.0197. The molecule has 3 atom stereocenters. The molecule has 0 saturated heterocycles. The Bertz CT molecular complexity index is 1510. The van der Waals surface area contributed by atoms with Gasteiger partial charge in [-0.2, -0.15) is 0 Å². The van der Waals surface area contributed by atoms with Crippen molar-refractivity contribution < 1.29 is 52.2 Å². The van der Waals surface area contributed by atoms with Crippen molar-refractivity contribution in [2.75, 3.05) is 26.4 Å². The summed E-state index contributed by atoms with van der Waals surface area (Å²) in [5, 5.41) is 9.77. The number of unbranched alkanes of at least 4 members (excludes halogenated alkanes) is 14. The average molecular weight is 973 g/mol. The summed E-state index contributed by atoms with van der Waals surface area (Å²) in [7, 11) is -4.77. The molecule has 0 aromatic rings. The van der Waals surface area contributed by atoms with Crippen LogP contribution >= 0.6 is 7.82 Å². The van der Waals surface area contributed by atoms with E-state index in [0.29, 0.717) is 19.3 Å². The summed E-state index contributed by atoms with van der Waals surface area (Å²) in [4.78, 5) is 48.3. The van der Waals surface area contributed by atoms with Crippen molar-refractivity contribution in [2.45, 2.75) is 213 Å². The summed E-state index contributed by atoms with van der Waals surface area (Å²) in [5.41, 5.74) is 0. The normalized spacial score (nSPS) is 14.2. The Balaban J connectivity index is 4.86. The fourth-order valence-corrected chi connectivity index (χ4v) is 7.28. The number of rotatable bonds is 47. The average Bonchev–Trinajstić information content (AvgIpc) is 3.32. The summed E-state index contributed by atoms with van der Waals surface area (Å²) in [6.45, 7) is 4.29. The van der Waals surface area contributed by atoms with Gasteiger partial charge >= 0.3 is 25.7 Å². The maximum atomic E-state index is 12.8. The van der Waals surface area contributed by atoms with Crippen LogP contribution in [-0.2, 0) is 42.2 Å². The molecule has 2 N–H and O–H groups in total. The van der Waals surface area contributed by atoms with Crippen molar-refractivity contribution in [3.8, 4) is 0 Å². The maximum Gasteiger partial charge on any atom is 0.472 e. The third-order valence-electron chi connectivity index (χ3n) is 10.5. The lowest BCUT2D eigenvalue weighted by Gasteiger charge is -2.21. The van der Waals surface area contributed by atoms with Gasteiger partial charge < -0.3 is 24.2 Å². The van der Waals surface area contributed by atoms with Gasteiger partial charge in [-0.05, 0) is 103 Å². The Morgan fingerprint density at radius 1 is 0.426 bits per heavy atom. The minimum atomic E-state index is -4.77. The maximum absolute atomic E-state index is 12.8. The second kappa shape index (κ2) is 49.8. The Morgan fingerprint density at radius 2 is 0.824 bits per heavy atom. The molecule has 0 aliphatic carbocycles. The van der Waals surface area contributed by atoms with Crippen molar-refractivity contribution in [3.05, 3.63) is 97.2 Å². The summed E-state index contributed by atoms with van der Waals surface area (Å²) < 4.78 is 39.2. The summed E-state index contributed by atoms with van der Waals surface area (Å²) in [6, 6.07) is 0. The molecule has 0 aromatic heterocycles. The molecule has 0 heterocycles. The number of hydrogen-bond acceptors (Lipinski definition) is 10. The van der Waals surface area contributed by atoms with Gasteiger partial charge in [0.05, 0.1) is 19.8 Å². The molecule has 388 valence electrons. The van der Waals surface area contributed by atoms with Crippen LogP contribution in [0.2, 0.25) is 0 Å². The van der Waals surface area contributed by atoms with Gasteiger partial charge in [0.25, 0.3) is 0 Å². The highest BCUT2D eigenvalue weighted by Gasteiger charge is 2.28. The van der Waals surface area contributed by atoms with E-state index in [1.807, 2.05) is 12.2 Å². The second-order valence-corrected chi connectivity index (χ2v) is 18.4. The number of aliphatic hydroxyl groups excluding tert-OH is 1. The number of ether oxygens (including phenoxy) is 3. The van der Waals surface area contributed by atoms with Crippen molar-refractivity contribution in [1.29, 1.82) is 0 Å². The zero-order valence-electron chi connectivity index (χ0n) is 42.5. The van der Waals surface area contributed by atoms with Gasteiger partial charge in [0.2, 0.25) is 0 Å². The Labute approximate surface area is 412 Å². The standard InChI is InChI=1S/C56H93O11P/c1-4-7-10-13-16-19-22-25-26-29-32-35-38-41-44-47-56(60)67-53(49-63-54(58)45-42-39-36-33-30-27-23-20-17-14-11-8-5-2)51-65-68(61,62)64-50-52(48-57)66-55(59)46-43-40-37-34-31-28-24-21-18-15-12-9-6-3/h8,11-12,15-17,19-21,24-27,30,36,39,52-53,57H,4-7,9-10,13-14,18,22-23,28-29,31-35,37-38,40-51H2,1-3H3,(H,61,62)/b11-8-,15-12-,19-16-,20-17-,24-21-,26-25-,30-27-,39-36-. The topological polar surface area (TPSA) is 155 Å². The fraction of sp³-hybridized carbons (Fsp3) is 0.661. The number of carbonyl (C=O) groups excluding carboxylic acids is 3. The molecule has 0 aliphatic rings. The number of hydrogen-bond donors (Lipinski definition) is 2. The van der Waals surface area contributed by atoms with E-state index in [4.69, 9.17) is 23.3 Å². The molecule has 0 aromatic carbocycles. The fourth-order valence-electron chi connectivity index (χ4n) is 6.49. The molecule has 0 fully saturated rings. The lowest BCUT2D eigenvalue weighted by molar-refractivity contribution is -0.161. The first-order chi connectivity index (χ1) is 33.2. The number of esters is 3. The van der Waals surface area contributed by atoms with E-state index in [0.717, 1.165) is 122 Å². The van der Waals surface area contributed by atoms with Crippen molar-refractivity contribution >= 4 is 25.7 Å². The molecule has 0 spiro atoms. The van der Waals surface area contributed by atoms with Gasteiger partial charge in [0, 0.05) is 19.3 Å². The number of phosphoric acid groups is 1. The molecule has 0 amide bonds. The molecule has 68 heavy (non-hydrogen) atoms. The van der Waals surface area contributed by atoms with E-state index in [2.05, 4.69) is 106 Å². The molecule has 3 unspecified atom stereocenters. The van der Waals surface area contributed by atoms with Gasteiger partial charge in [-0.15, -0.1) is 0 Å². The van der Waals surface area contributed by atoms with Crippen LogP contribution in [0.15, 0.2) is 97.2 Å². The minimum absolute atomic E-state index is 0.0973. The highest BCUT2D eigenvalue weighted by Crippen LogP contribution is 2.43. The summed E-state index contributed by atoms with van der Waals surface area (Å²) in [5.74, 6) is -1.60. The van der Waals surface area contributed by atoms with Gasteiger partial charge in [0.1, 0.15) is 12.7 Å². The molecule has 0 rings (SSSR count). The Morgan fingerprint density at radius 3 is 1.29 bits per heavy atom. The zero-order valence-corrected chi connectivity index (χ0v) is 43.4. The molecule has 0 aliphatic heterocycles. The lowest BCUT2D eigenvalue weighted by atomic mass is 10.1. The van der Waals surface area contributed by atoms with E-state index >= 15 is 0 Å². The van der Waals surface area contributed by atoms with Crippen molar-refractivity contribution in [1.82, 2.24) is 0 Å². The highest BCUT2D eigenvalue weighted by atomic mass is 31.2. The third-order valence-corrected chi connectivity index (χ3v) is 11.4. The highest BCUT2D eigenvalue weighted by molar-refractivity contribution is 7.47. The number of phosphoric ester groups is 1. The van der Waals surface area contributed by atoms with Crippen LogP contribution < -0.4 is 0 Å². The largest absolute Gasteiger partial charge is 0.472 e. The van der Waals surface area contributed by atoms with Crippen LogP contribution in [0.25, 0.3) is 0 Å². The smallest absolute Gasteiger partial charge is 0.462 e. The molecule has 11 nitrogen and oxygen atoms in total. The van der Waals surface area contributed by atoms with E-state index in [-0.39, 0.29) is 25.9 Å². The monoisotopic (exact) mass is 973 g/mol. The predicted molar refractivity (Wildman–Crippen MR) is 279 cm³/mol. The zero-order chi connectivity index (χ0) is 49.9. The summed E-state index contributed by atoms with van der Waals surface area (Å²) >= 11 is 0. The van der Waals surface area contributed by atoms with Gasteiger partial charge in [-0.1, -0.05) is 176 Å². The molecule has 12 heteroatoms. The van der Waals surface area contributed by atoms with Crippen LogP contribution in [0, 0.1) is 0 Å². The first-order valence-electron chi connectivity index (χ1n) is 26.1. The molecule has 0 saturated carbocycles. The summed E-state index contributed by atoms with van der Waals surface area (Å²) in [6.07, 6.45) is 56.8. The van der Waals surface area contributed by atoms with Gasteiger partial charge in [-0.25, -0.2) is 4.57 Å². The molecular formula is C56H93O11P. The van der Waals surface area contributed by atoms with E-state index in [1.165, 1.54) is 19.3 Å². The SMILES string of the molecule is CC/C=C\C/C=C\C/C=C\C/C=C\CCC(=O)OCC(COP(=O)(O)OCC(CO)OC(=O)CCCCCCC/C=C\C/C=C\CCC)OC(=O)CCCCCCC/C=C\C/C=C\CCCCC. The first-order valence-corrected chi connectivity index (χ1v) is 27.6. The minimum Gasteiger partial charge on any atom is -0.462 e. The lowest BCUT2D eigenvalue weighted by Crippen LogP contribution is -2.30. The van der Waals surface area contributed by atoms with Gasteiger partial charge in [-0.3, -0.25) is 23.4 Å². The van der Waals surface area contributed by atoms with Crippen molar-refractivity contribution in [3.63, 3.8) is 0 Å².